The predicted molar refractivity (Wildman–Crippen MR) is 60.4 cm³/mol. The number of carbonyl (C=O) groups excluding carboxylic acids is 1. The molecule has 0 aromatic heterocycles. The van der Waals surface area contributed by atoms with Crippen molar-refractivity contribution in [1.82, 2.24) is 10.6 Å². The smallest absolute Gasteiger partial charge is 0.314 e. The molecule has 14 heavy (non-hydrogen) atoms. The summed E-state index contributed by atoms with van der Waals surface area (Å²) in [6.45, 7) is 9.24. The Hall–Kier alpha value is -0.730. The Balaban J connectivity index is 3.60. The van der Waals surface area contributed by atoms with E-state index in [1.54, 1.807) is 0 Å². The number of urea groups is 1. The van der Waals surface area contributed by atoms with Crippen molar-refractivity contribution < 1.29 is 4.79 Å². The van der Waals surface area contributed by atoms with Gasteiger partial charge in [0.05, 0.1) is 0 Å². The molecule has 2 atom stereocenters. The van der Waals surface area contributed by atoms with E-state index >= 15 is 0 Å². The monoisotopic (exact) mass is 200 g/mol. The van der Waals surface area contributed by atoms with Crippen molar-refractivity contribution in [2.24, 2.45) is 5.92 Å². The summed E-state index contributed by atoms with van der Waals surface area (Å²) in [7, 11) is 0. The van der Waals surface area contributed by atoms with E-state index in [9.17, 15) is 4.79 Å². The fourth-order valence-electron chi connectivity index (χ4n) is 1.34. The first-order valence-electron chi connectivity index (χ1n) is 5.64. The number of hydrogen-bond acceptors (Lipinski definition) is 1. The van der Waals surface area contributed by atoms with Crippen LogP contribution in [0.3, 0.4) is 0 Å². The average Bonchev–Trinajstić information content (AvgIpc) is 2.14. The summed E-state index contributed by atoms with van der Waals surface area (Å²) in [5.41, 5.74) is 0. The molecule has 0 aromatic rings. The molecule has 3 heteroatoms. The third-order valence-corrected chi connectivity index (χ3v) is 2.37. The highest BCUT2D eigenvalue weighted by atomic mass is 16.2. The number of hydrogen-bond donors (Lipinski definition) is 2. The molecular weight excluding hydrogens is 176 g/mol. The fourth-order valence-corrected chi connectivity index (χ4v) is 1.34. The van der Waals surface area contributed by atoms with E-state index in [2.05, 4.69) is 31.4 Å². The quantitative estimate of drug-likeness (QED) is 0.679. The lowest BCUT2D eigenvalue weighted by Gasteiger charge is -2.17. The van der Waals surface area contributed by atoms with Gasteiger partial charge >= 0.3 is 6.03 Å². The lowest BCUT2D eigenvalue weighted by Crippen LogP contribution is -2.41. The molecule has 0 heterocycles. The maximum atomic E-state index is 11.3. The second kappa shape index (κ2) is 7.65. The average molecular weight is 200 g/mol. The van der Waals surface area contributed by atoms with Gasteiger partial charge in [-0.1, -0.05) is 27.2 Å². The number of carbonyl (C=O) groups is 1. The number of amides is 2. The highest BCUT2D eigenvalue weighted by molar-refractivity contribution is 5.74. The van der Waals surface area contributed by atoms with Crippen LogP contribution in [-0.2, 0) is 0 Å². The normalized spacial score (nSPS) is 14.6. The summed E-state index contributed by atoms with van der Waals surface area (Å²) >= 11 is 0. The van der Waals surface area contributed by atoms with Crippen molar-refractivity contribution in [3.8, 4) is 0 Å². The first kappa shape index (κ1) is 13.3. The van der Waals surface area contributed by atoms with Gasteiger partial charge in [-0.2, -0.15) is 0 Å². The SMILES string of the molecule is CCCNC(=O)NC(C)CC(C)CC. The van der Waals surface area contributed by atoms with Gasteiger partial charge in [-0.15, -0.1) is 0 Å². The molecule has 2 unspecified atom stereocenters. The lowest BCUT2D eigenvalue weighted by molar-refractivity contribution is 0.235. The Morgan fingerprint density at radius 3 is 2.43 bits per heavy atom. The molecule has 0 spiro atoms. The molecule has 0 aromatic carbocycles. The van der Waals surface area contributed by atoms with Crippen molar-refractivity contribution in [3.05, 3.63) is 0 Å². The van der Waals surface area contributed by atoms with Crippen molar-refractivity contribution >= 4 is 6.03 Å². The van der Waals surface area contributed by atoms with Crippen molar-refractivity contribution in [3.63, 3.8) is 0 Å². The number of rotatable bonds is 6. The summed E-state index contributed by atoms with van der Waals surface area (Å²) < 4.78 is 0. The molecule has 0 radical (unpaired) electrons. The third kappa shape index (κ3) is 6.75. The summed E-state index contributed by atoms with van der Waals surface area (Å²) in [5, 5.41) is 5.73. The minimum atomic E-state index is -0.0392. The van der Waals surface area contributed by atoms with E-state index in [0.717, 1.165) is 19.4 Å². The second-order valence-corrected chi connectivity index (χ2v) is 4.05. The van der Waals surface area contributed by atoms with Crippen LogP contribution in [0.1, 0.15) is 47.0 Å². The Kier molecular flexibility index (Phi) is 7.25. The molecule has 2 amide bonds. The van der Waals surface area contributed by atoms with Crippen molar-refractivity contribution in [1.29, 1.82) is 0 Å². The Labute approximate surface area is 87.6 Å². The molecule has 0 rings (SSSR count). The third-order valence-electron chi connectivity index (χ3n) is 2.37. The van der Waals surface area contributed by atoms with Crippen LogP contribution in [-0.4, -0.2) is 18.6 Å². The van der Waals surface area contributed by atoms with Crippen molar-refractivity contribution in [2.75, 3.05) is 6.54 Å². The van der Waals surface area contributed by atoms with Crippen LogP contribution >= 0.6 is 0 Å². The van der Waals surface area contributed by atoms with Crippen molar-refractivity contribution in [2.45, 2.75) is 53.0 Å². The van der Waals surface area contributed by atoms with Crippen LogP contribution in [0.4, 0.5) is 4.79 Å². The lowest BCUT2D eigenvalue weighted by atomic mass is 10.0. The van der Waals surface area contributed by atoms with Gasteiger partial charge in [0.2, 0.25) is 0 Å². The van der Waals surface area contributed by atoms with Gasteiger partial charge in [0.15, 0.2) is 0 Å². The van der Waals surface area contributed by atoms with Crippen LogP contribution in [0.15, 0.2) is 0 Å². The summed E-state index contributed by atoms with van der Waals surface area (Å²) in [6.07, 6.45) is 3.20. The van der Waals surface area contributed by atoms with Crippen LogP contribution in [0.25, 0.3) is 0 Å². The zero-order valence-electron chi connectivity index (χ0n) is 9.89. The molecule has 0 aliphatic rings. The largest absolute Gasteiger partial charge is 0.338 e. The molecule has 3 nitrogen and oxygen atoms in total. The Bertz CT molecular complexity index is 159. The zero-order valence-corrected chi connectivity index (χ0v) is 9.89. The number of nitrogens with one attached hydrogen (secondary N) is 2. The Morgan fingerprint density at radius 1 is 1.29 bits per heavy atom. The van der Waals surface area contributed by atoms with E-state index < -0.39 is 0 Å². The molecule has 0 bridgehead atoms. The van der Waals surface area contributed by atoms with Crippen LogP contribution < -0.4 is 10.6 Å². The van der Waals surface area contributed by atoms with Gasteiger partial charge < -0.3 is 10.6 Å². The first-order valence-corrected chi connectivity index (χ1v) is 5.64. The molecule has 0 saturated heterocycles. The topological polar surface area (TPSA) is 41.1 Å². The van der Waals surface area contributed by atoms with Gasteiger partial charge in [-0.05, 0) is 25.7 Å². The molecule has 0 fully saturated rings. The molecule has 0 saturated carbocycles. The fraction of sp³-hybridized carbons (Fsp3) is 0.909. The highest BCUT2D eigenvalue weighted by Crippen LogP contribution is 2.08. The summed E-state index contributed by atoms with van der Waals surface area (Å²) in [5.74, 6) is 0.677. The maximum Gasteiger partial charge on any atom is 0.314 e. The van der Waals surface area contributed by atoms with Crippen LogP contribution in [0.2, 0.25) is 0 Å². The first-order chi connectivity index (χ1) is 6.60. The van der Waals surface area contributed by atoms with Gasteiger partial charge in [0.25, 0.3) is 0 Å². The maximum absolute atomic E-state index is 11.3. The van der Waals surface area contributed by atoms with Gasteiger partial charge in [0, 0.05) is 12.6 Å². The van der Waals surface area contributed by atoms with E-state index in [4.69, 9.17) is 0 Å². The predicted octanol–water partition coefficient (Wildman–Crippen LogP) is 2.52. The highest BCUT2D eigenvalue weighted by Gasteiger charge is 2.09. The van der Waals surface area contributed by atoms with Gasteiger partial charge in [-0.25, -0.2) is 4.79 Å². The van der Waals surface area contributed by atoms with E-state index in [1.165, 1.54) is 6.42 Å². The van der Waals surface area contributed by atoms with E-state index in [-0.39, 0.29) is 12.1 Å². The van der Waals surface area contributed by atoms with E-state index in [0.29, 0.717) is 5.92 Å². The van der Waals surface area contributed by atoms with Crippen LogP contribution in [0, 0.1) is 5.92 Å². The molecule has 84 valence electrons. The van der Waals surface area contributed by atoms with Crippen LogP contribution in [0.5, 0.6) is 0 Å². The molecular formula is C11H24N2O. The summed E-state index contributed by atoms with van der Waals surface area (Å²) in [6, 6.07) is 0.226. The standard InChI is InChI=1S/C11H24N2O/c1-5-7-12-11(14)13-10(4)8-9(3)6-2/h9-10H,5-8H2,1-4H3,(H2,12,13,14). The zero-order chi connectivity index (χ0) is 11.0. The minimum absolute atomic E-state index is 0.0392. The van der Waals surface area contributed by atoms with Gasteiger partial charge in [-0.3, -0.25) is 0 Å². The second-order valence-electron chi connectivity index (χ2n) is 4.05. The molecule has 0 aliphatic heterocycles. The molecule has 0 aliphatic carbocycles. The van der Waals surface area contributed by atoms with E-state index in [1.807, 2.05) is 6.92 Å². The van der Waals surface area contributed by atoms with Gasteiger partial charge in [0.1, 0.15) is 0 Å². The minimum Gasteiger partial charge on any atom is -0.338 e. The Morgan fingerprint density at radius 2 is 1.93 bits per heavy atom. The summed E-state index contributed by atoms with van der Waals surface area (Å²) in [4.78, 5) is 11.3. The molecule has 2 N–H and O–H groups in total.